The molecule has 0 saturated carbocycles. The van der Waals surface area contributed by atoms with E-state index in [9.17, 15) is 0 Å². The Hall–Kier alpha value is -0.332. The van der Waals surface area contributed by atoms with Gasteiger partial charge in [-0.25, -0.2) is 0 Å². The average Bonchev–Trinajstić information content (AvgIpc) is 1.94. The molecule has 0 aromatic carbocycles. The zero-order chi connectivity index (χ0) is 7.40. The zero-order valence-electron chi connectivity index (χ0n) is 5.49. The molecule has 1 aromatic heterocycles. The van der Waals surface area contributed by atoms with E-state index in [4.69, 9.17) is 5.11 Å². The molecule has 1 rings (SSSR count). The summed E-state index contributed by atoms with van der Waals surface area (Å²) in [6.07, 6.45) is 2.44. The Morgan fingerprint density at radius 3 is 3.00 bits per heavy atom. The molecule has 0 unspecified atom stereocenters. The summed E-state index contributed by atoms with van der Waals surface area (Å²) < 4.78 is 0.948. The molecular weight excluding hydrogens is 189 g/mol. The Morgan fingerprint density at radius 2 is 2.40 bits per heavy atom. The van der Waals surface area contributed by atoms with E-state index < -0.39 is 0 Å². The Labute approximate surface area is 68.8 Å². The van der Waals surface area contributed by atoms with Gasteiger partial charge in [-0.2, -0.15) is 0 Å². The van der Waals surface area contributed by atoms with Crippen molar-refractivity contribution in [2.75, 3.05) is 6.61 Å². The van der Waals surface area contributed by atoms with Gasteiger partial charge in [0.25, 0.3) is 0 Å². The minimum absolute atomic E-state index is 0.191. The Balaban J connectivity index is 2.81. The first-order valence-electron chi connectivity index (χ1n) is 3.08. The first-order valence-corrected chi connectivity index (χ1v) is 4.02. The summed E-state index contributed by atoms with van der Waals surface area (Å²) >= 11 is 2.39. The van der Waals surface area contributed by atoms with Crippen molar-refractivity contribution >= 4 is 21.3 Å². The van der Waals surface area contributed by atoms with Crippen molar-refractivity contribution in [3.63, 3.8) is 0 Å². The van der Waals surface area contributed by atoms with Crippen LogP contribution in [0.15, 0.2) is 18.3 Å². The molecule has 0 aliphatic rings. The third kappa shape index (κ3) is 1.83. The summed E-state index contributed by atoms with van der Waals surface area (Å²) in [6.45, 7) is 0.191. The summed E-state index contributed by atoms with van der Waals surface area (Å²) in [5.41, 5.74) is 1.10. The number of rotatable bonds is 2. The average molecular weight is 197 g/mol. The van der Waals surface area contributed by atoms with Crippen LogP contribution in [0.25, 0.3) is 0 Å². The van der Waals surface area contributed by atoms with Crippen molar-refractivity contribution in [2.24, 2.45) is 0 Å². The number of hydrogen-bond acceptors (Lipinski definition) is 2. The maximum absolute atomic E-state index is 8.61. The summed E-state index contributed by atoms with van der Waals surface area (Å²) in [5, 5.41) is 8.61. The first kappa shape index (κ1) is 7.77. The fraction of sp³-hybridized carbons (Fsp3) is 0.286. The van der Waals surface area contributed by atoms with Gasteiger partial charge in [-0.1, -0.05) is 0 Å². The maximum atomic E-state index is 8.61. The Kier molecular flexibility index (Phi) is 2.91. The number of hydrogen-bond donors (Lipinski definition) is 1. The van der Waals surface area contributed by atoms with Crippen LogP contribution in [0, 0.1) is 0 Å². The number of aliphatic hydroxyl groups excluding tert-OH is 1. The molecule has 0 bridgehead atoms. The van der Waals surface area contributed by atoms with Gasteiger partial charge in [0, 0.05) is 0 Å². The van der Waals surface area contributed by atoms with E-state index in [0.717, 1.165) is 10.0 Å². The van der Waals surface area contributed by atoms with Gasteiger partial charge in [-0.15, -0.1) is 0 Å². The van der Waals surface area contributed by atoms with E-state index in [-0.39, 0.29) is 6.61 Å². The van der Waals surface area contributed by atoms with Crippen LogP contribution >= 0.6 is 0 Å². The van der Waals surface area contributed by atoms with Crippen molar-refractivity contribution < 1.29 is 5.11 Å². The third-order valence-corrected chi connectivity index (χ3v) is 2.09. The number of nitrogens with zero attached hydrogens (tertiary/aromatic N) is 1. The Morgan fingerprint density at radius 1 is 1.60 bits per heavy atom. The van der Waals surface area contributed by atoms with Crippen LogP contribution in [0.5, 0.6) is 0 Å². The zero-order valence-corrected chi connectivity index (χ0v) is 7.36. The second-order valence-electron chi connectivity index (χ2n) is 1.96. The van der Waals surface area contributed by atoms with Crippen molar-refractivity contribution in [1.29, 1.82) is 0 Å². The van der Waals surface area contributed by atoms with Crippen molar-refractivity contribution in [3.8, 4) is 0 Å². The van der Waals surface area contributed by atoms with Gasteiger partial charge in [0.05, 0.1) is 0 Å². The number of aromatic nitrogens is 1. The van der Waals surface area contributed by atoms with Crippen LogP contribution < -0.4 is 4.48 Å². The molecule has 1 heterocycles. The van der Waals surface area contributed by atoms with Gasteiger partial charge >= 0.3 is 68.3 Å². The number of pyridine rings is 1. The molecule has 0 atom stereocenters. The summed E-state index contributed by atoms with van der Waals surface area (Å²) in [6, 6.07) is 3.85. The molecule has 2 nitrogen and oxygen atoms in total. The van der Waals surface area contributed by atoms with Gasteiger partial charge in [0.2, 0.25) is 0 Å². The van der Waals surface area contributed by atoms with E-state index in [0.29, 0.717) is 6.42 Å². The van der Waals surface area contributed by atoms with Gasteiger partial charge in [-0.05, 0) is 0 Å². The monoisotopic (exact) mass is 197 g/mol. The van der Waals surface area contributed by atoms with Crippen LogP contribution in [0.3, 0.4) is 0 Å². The molecule has 1 aromatic rings. The van der Waals surface area contributed by atoms with E-state index >= 15 is 0 Å². The first-order chi connectivity index (χ1) is 4.84. The molecule has 0 spiro atoms. The quantitative estimate of drug-likeness (QED) is 0.643. The third-order valence-electron chi connectivity index (χ3n) is 1.25. The van der Waals surface area contributed by atoms with Gasteiger partial charge in [0.1, 0.15) is 0 Å². The molecule has 3 heteroatoms. The number of aliphatic hydroxyl groups is 1. The molecular formula is C7H8AsNO. The molecule has 52 valence electrons. The molecule has 0 aliphatic heterocycles. The Bertz CT molecular complexity index is 215. The van der Waals surface area contributed by atoms with Crippen LogP contribution in [0.4, 0.5) is 0 Å². The molecule has 0 amide bonds. The van der Waals surface area contributed by atoms with Gasteiger partial charge in [0.15, 0.2) is 0 Å². The van der Waals surface area contributed by atoms with Crippen LogP contribution in [0.1, 0.15) is 5.56 Å². The van der Waals surface area contributed by atoms with E-state index in [1.54, 1.807) is 6.20 Å². The fourth-order valence-electron chi connectivity index (χ4n) is 0.746. The molecule has 10 heavy (non-hydrogen) atoms. The topological polar surface area (TPSA) is 33.1 Å². The summed E-state index contributed by atoms with van der Waals surface area (Å²) in [5.74, 6) is 0. The molecule has 0 saturated heterocycles. The normalized spacial score (nSPS) is 9.80. The van der Waals surface area contributed by atoms with Crippen LogP contribution in [0.2, 0.25) is 0 Å². The molecule has 1 N–H and O–H groups in total. The van der Waals surface area contributed by atoms with E-state index in [2.05, 4.69) is 21.8 Å². The molecule has 0 aliphatic carbocycles. The predicted octanol–water partition coefficient (Wildman–Crippen LogP) is -0.590. The SMILES string of the molecule is OCCc1cccnc1[As]. The van der Waals surface area contributed by atoms with E-state index in [1.165, 1.54) is 0 Å². The second kappa shape index (κ2) is 3.74. The van der Waals surface area contributed by atoms with Gasteiger partial charge < -0.3 is 0 Å². The second-order valence-corrected chi connectivity index (χ2v) is 2.85. The minimum atomic E-state index is 0.191. The standard InChI is InChI=1S/C7H8AsNO/c8-7-6(3-5-10)2-1-4-9-7/h1-2,4,10H,3,5H2. The van der Waals surface area contributed by atoms with Gasteiger partial charge in [-0.3, -0.25) is 0 Å². The van der Waals surface area contributed by atoms with Crippen LogP contribution in [-0.2, 0) is 6.42 Å². The van der Waals surface area contributed by atoms with Crippen LogP contribution in [-0.4, -0.2) is 33.6 Å². The van der Waals surface area contributed by atoms with Crippen molar-refractivity contribution in [3.05, 3.63) is 23.9 Å². The fourth-order valence-corrected chi connectivity index (χ4v) is 1.28. The van der Waals surface area contributed by atoms with Crippen molar-refractivity contribution in [1.82, 2.24) is 4.98 Å². The summed E-state index contributed by atoms with van der Waals surface area (Å²) in [7, 11) is 0. The van der Waals surface area contributed by atoms with E-state index in [1.807, 2.05) is 12.1 Å². The molecule has 0 fully saturated rings. The summed E-state index contributed by atoms with van der Waals surface area (Å²) in [4.78, 5) is 4.06. The molecule has 2 radical (unpaired) electrons. The predicted molar refractivity (Wildman–Crippen MR) is 40.4 cm³/mol. The van der Waals surface area contributed by atoms with Crippen molar-refractivity contribution in [2.45, 2.75) is 6.42 Å².